The molecule has 0 saturated carbocycles. The second-order valence-electron chi connectivity index (χ2n) is 7.25. The van der Waals surface area contributed by atoms with E-state index < -0.39 is 15.9 Å². The Hall–Kier alpha value is -2.74. The maximum absolute atomic E-state index is 11.9. The summed E-state index contributed by atoms with van der Waals surface area (Å²) in [4.78, 5) is 4.34. The molecule has 0 aliphatic rings. The Labute approximate surface area is 179 Å². The third-order valence-electron chi connectivity index (χ3n) is 5.02. The molecule has 0 radical (unpaired) electrons. The maximum Gasteiger partial charge on any atom is 0.192 e. The first-order chi connectivity index (χ1) is 14.2. The van der Waals surface area contributed by atoms with Crippen LogP contribution in [-0.2, 0) is 16.3 Å². The van der Waals surface area contributed by atoms with Gasteiger partial charge in [0, 0.05) is 46.5 Å². The van der Waals surface area contributed by atoms with Crippen molar-refractivity contribution in [2.45, 2.75) is 24.4 Å². The molecule has 2 aromatic heterocycles. The van der Waals surface area contributed by atoms with Gasteiger partial charge in [-0.3, -0.25) is 0 Å². The fraction of sp³-hybridized carbons (Fsp3) is 0.182. The molecular weight excluding hydrogens is 422 g/mol. The van der Waals surface area contributed by atoms with Crippen molar-refractivity contribution in [3.05, 3.63) is 76.4 Å². The van der Waals surface area contributed by atoms with Crippen LogP contribution in [0.3, 0.4) is 0 Å². The highest BCUT2D eigenvalue weighted by molar-refractivity contribution is 7.90. The molecule has 1 atom stereocenters. The summed E-state index contributed by atoms with van der Waals surface area (Å²) in [5, 5.41) is 5.69. The standard InChI is InChI=1S/C22H20ClN3O3S/c1-13-7-10-21(30(2,27)28)25-19(13)12-18(24)15-5-3-4-6-16(15)22-17-9-8-14(23)11-20(17)29-26-22/h3-11,18H,12,24H2,1-2H3. The zero-order valence-electron chi connectivity index (χ0n) is 16.5. The lowest BCUT2D eigenvalue weighted by Gasteiger charge is -2.17. The molecule has 2 heterocycles. The van der Waals surface area contributed by atoms with Crippen molar-refractivity contribution in [3.8, 4) is 11.3 Å². The average molecular weight is 442 g/mol. The summed E-state index contributed by atoms with van der Waals surface area (Å²) in [5.41, 5.74) is 11.1. The number of nitrogens with zero attached hydrogens (tertiary/aromatic N) is 2. The second kappa shape index (κ2) is 7.83. The molecule has 4 aromatic rings. The monoisotopic (exact) mass is 441 g/mol. The van der Waals surface area contributed by atoms with Gasteiger partial charge in [-0.05, 0) is 36.2 Å². The third kappa shape index (κ3) is 3.96. The van der Waals surface area contributed by atoms with Gasteiger partial charge in [0.05, 0.1) is 0 Å². The van der Waals surface area contributed by atoms with Gasteiger partial charge in [-0.15, -0.1) is 0 Å². The molecule has 8 heteroatoms. The van der Waals surface area contributed by atoms with Crippen molar-refractivity contribution in [2.24, 2.45) is 5.73 Å². The number of hydrogen-bond donors (Lipinski definition) is 1. The molecule has 0 aliphatic carbocycles. The van der Waals surface area contributed by atoms with Gasteiger partial charge >= 0.3 is 0 Å². The van der Waals surface area contributed by atoms with Crippen LogP contribution in [-0.4, -0.2) is 24.8 Å². The van der Waals surface area contributed by atoms with E-state index in [4.69, 9.17) is 21.9 Å². The number of fused-ring (bicyclic) bond motifs is 1. The van der Waals surface area contributed by atoms with Crippen molar-refractivity contribution in [2.75, 3.05) is 6.26 Å². The van der Waals surface area contributed by atoms with E-state index in [-0.39, 0.29) is 5.03 Å². The molecule has 0 aliphatic heterocycles. The van der Waals surface area contributed by atoms with E-state index in [0.29, 0.717) is 28.4 Å². The van der Waals surface area contributed by atoms with Crippen LogP contribution < -0.4 is 5.73 Å². The highest BCUT2D eigenvalue weighted by Crippen LogP contribution is 2.34. The van der Waals surface area contributed by atoms with Gasteiger partial charge in [0.15, 0.2) is 20.4 Å². The lowest BCUT2D eigenvalue weighted by molar-refractivity contribution is 0.459. The molecule has 0 fully saturated rings. The number of sulfone groups is 1. The van der Waals surface area contributed by atoms with Gasteiger partial charge in [-0.25, -0.2) is 13.4 Å². The first-order valence-corrected chi connectivity index (χ1v) is 11.6. The average Bonchev–Trinajstić information content (AvgIpc) is 3.11. The normalized spacial score (nSPS) is 12.9. The van der Waals surface area contributed by atoms with E-state index in [1.54, 1.807) is 18.2 Å². The Morgan fingerprint density at radius 2 is 1.90 bits per heavy atom. The topological polar surface area (TPSA) is 99.1 Å². The van der Waals surface area contributed by atoms with Crippen LogP contribution >= 0.6 is 11.6 Å². The minimum absolute atomic E-state index is 0.0444. The van der Waals surface area contributed by atoms with E-state index in [2.05, 4.69) is 10.1 Å². The first-order valence-electron chi connectivity index (χ1n) is 9.30. The number of hydrogen-bond acceptors (Lipinski definition) is 6. The molecule has 2 aromatic carbocycles. The summed E-state index contributed by atoms with van der Waals surface area (Å²) < 4.78 is 29.2. The summed E-state index contributed by atoms with van der Waals surface area (Å²) in [6.07, 6.45) is 1.53. The van der Waals surface area contributed by atoms with Gasteiger partial charge in [0.25, 0.3) is 0 Å². The SMILES string of the molecule is Cc1ccc(S(C)(=O)=O)nc1CC(N)c1ccccc1-c1noc2cc(Cl)ccc12. The Balaban J connectivity index is 1.74. The van der Waals surface area contributed by atoms with Crippen molar-refractivity contribution in [3.63, 3.8) is 0 Å². The fourth-order valence-corrected chi connectivity index (χ4v) is 4.18. The molecule has 6 nitrogen and oxygen atoms in total. The summed E-state index contributed by atoms with van der Waals surface area (Å²) in [6.45, 7) is 1.89. The number of aryl methyl sites for hydroxylation is 1. The summed E-state index contributed by atoms with van der Waals surface area (Å²) in [7, 11) is -3.40. The number of halogens is 1. The molecule has 0 amide bonds. The smallest absolute Gasteiger partial charge is 0.192 e. The van der Waals surface area contributed by atoms with E-state index in [1.165, 1.54) is 6.07 Å². The van der Waals surface area contributed by atoms with Crippen molar-refractivity contribution >= 4 is 32.4 Å². The molecule has 0 saturated heterocycles. The van der Waals surface area contributed by atoms with Gasteiger partial charge in [0.2, 0.25) is 0 Å². The summed E-state index contributed by atoms with van der Waals surface area (Å²) >= 11 is 6.05. The molecule has 154 valence electrons. The number of benzene rings is 2. The number of nitrogens with two attached hydrogens (primary N) is 1. The number of rotatable bonds is 5. The Kier molecular flexibility index (Phi) is 5.36. The molecule has 0 bridgehead atoms. The predicted molar refractivity (Wildman–Crippen MR) is 117 cm³/mol. The Morgan fingerprint density at radius 3 is 2.67 bits per heavy atom. The van der Waals surface area contributed by atoms with Crippen LogP contribution in [0.4, 0.5) is 0 Å². The fourth-order valence-electron chi connectivity index (χ4n) is 3.42. The van der Waals surface area contributed by atoms with Crippen LogP contribution in [0.25, 0.3) is 22.2 Å². The third-order valence-corrected chi connectivity index (χ3v) is 6.24. The van der Waals surface area contributed by atoms with Crippen LogP contribution in [0.1, 0.15) is 22.9 Å². The van der Waals surface area contributed by atoms with Gasteiger partial charge in [-0.1, -0.05) is 47.1 Å². The summed E-state index contributed by atoms with van der Waals surface area (Å²) in [5.74, 6) is 0. The van der Waals surface area contributed by atoms with Crippen molar-refractivity contribution in [1.82, 2.24) is 10.1 Å². The maximum atomic E-state index is 11.9. The predicted octanol–water partition coefficient (Wildman–Crippen LogP) is 4.50. The number of aromatic nitrogens is 2. The van der Waals surface area contributed by atoms with Crippen LogP contribution in [0.15, 0.2) is 64.1 Å². The molecule has 0 spiro atoms. The Morgan fingerprint density at radius 1 is 1.13 bits per heavy atom. The highest BCUT2D eigenvalue weighted by atomic mass is 35.5. The molecule has 1 unspecified atom stereocenters. The van der Waals surface area contributed by atoms with E-state index in [1.807, 2.05) is 37.3 Å². The molecular formula is C22H20ClN3O3S. The molecule has 4 rings (SSSR count). The highest BCUT2D eigenvalue weighted by Gasteiger charge is 2.20. The molecule has 30 heavy (non-hydrogen) atoms. The second-order valence-corrected chi connectivity index (χ2v) is 9.65. The van der Waals surface area contributed by atoms with Crippen molar-refractivity contribution < 1.29 is 12.9 Å². The van der Waals surface area contributed by atoms with Gasteiger partial charge in [-0.2, -0.15) is 0 Å². The van der Waals surface area contributed by atoms with Gasteiger partial charge in [0.1, 0.15) is 5.69 Å². The lowest BCUT2D eigenvalue weighted by Crippen LogP contribution is -2.17. The van der Waals surface area contributed by atoms with Gasteiger partial charge < -0.3 is 10.3 Å². The number of pyridine rings is 1. The van der Waals surface area contributed by atoms with E-state index in [0.717, 1.165) is 28.3 Å². The van der Waals surface area contributed by atoms with Crippen molar-refractivity contribution in [1.29, 1.82) is 0 Å². The minimum Gasteiger partial charge on any atom is -0.356 e. The Bertz CT molecular complexity index is 1350. The van der Waals surface area contributed by atoms with Crippen LogP contribution in [0.2, 0.25) is 5.02 Å². The van der Waals surface area contributed by atoms with E-state index >= 15 is 0 Å². The lowest BCUT2D eigenvalue weighted by atomic mass is 9.93. The quantitative estimate of drug-likeness (QED) is 0.489. The zero-order chi connectivity index (χ0) is 21.5. The largest absolute Gasteiger partial charge is 0.356 e. The minimum atomic E-state index is -3.40. The zero-order valence-corrected chi connectivity index (χ0v) is 18.0. The molecule has 2 N–H and O–H groups in total. The van der Waals surface area contributed by atoms with E-state index in [9.17, 15) is 8.42 Å². The summed E-state index contributed by atoms with van der Waals surface area (Å²) in [6, 6.07) is 15.9. The van der Waals surface area contributed by atoms with Crippen LogP contribution in [0, 0.1) is 6.92 Å². The van der Waals surface area contributed by atoms with Crippen LogP contribution in [0.5, 0.6) is 0 Å². The first kappa shape index (κ1) is 20.5.